The minimum absolute atomic E-state index is 0.0766. The Bertz CT molecular complexity index is 3300. The van der Waals surface area contributed by atoms with Gasteiger partial charge in [0.15, 0.2) is 0 Å². The molecule has 4 atom stereocenters. The first kappa shape index (κ1) is 53.9. The van der Waals surface area contributed by atoms with Crippen molar-refractivity contribution >= 4 is 50.6 Å². The van der Waals surface area contributed by atoms with Gasteiger partial charge in [0.05, 0.1) is 55.5 Å². The molecule has 6 aliphatic heterocycles. The number of hydrogen-bond donors (Lipinski definition) is 2. The van der Waals surface area contributed by atoms with Crippen molar-refractivity contribution in [2.24, 2.45) is 11.8 Å². The third-order valence-electron chi connectivity index (χ3n) is 17.6. The Hall–Kier alpha value is -7.36. The zero-order valence-electron chi connectivity index (χ0n) is 46.9. The zero-order chi connectivity index (χ0) is 55.7. The van der Waals surface area contributed by atoms with Crippen molar-refractivity contribution in [2.75, 3.05) is 151 Å². The summed E-state index contributed by atoms with van der Waals surface area (Å²) >= 11 is 0. The van der Waals surface area contributed by atoms with E-state index in [1.807, 2.05) is 21.9 Å². The number of pyridine rings is 1. The van der Waals surface area contributed by atoms with E-state index in [-0.39, 0.29) is 24.3 Å². The molecule has 0 radical (unpaired) electrons. The van der Waals surface area contributed by atoms with Gasteiger partial charge < -0.3 is 58.6 Å². The number of aliphatic hydroxyl groups excluding tert-OH is 1. The highest BCUT2D eigenvalue weighted by Gasteiger charge is 2.44. The van der Waals surface area contributed by atoms with E-state index in [1.165, 1.54) is 25.6 Å². The van der Waals surface area contributed by atoms with E-state index < -0.39 is 12.3 Å². The molecule has 20 nitrogen and oxygen atoms in total. The molecule has 2 N–H and O–H groups in total. The highest BCUT2D eigenvalue weighted by atomic mass is 16.5. The number of aromatic hydroxyl groups is 1. The number of morpholine rings is 1. The predicted octanol–water partition coefficient (Wildman–Crippen LogP) is 5.14. The number of piperidine rings is 1. The van der Waals surface area contributed by atoms with Crippen molar-refractivity contribution in [3.05, 3.63) is 115 Å². The summed E-state index contributed by atoms with van der Waals surface area (Å²) in [7, 11) is 0. The molecule has 9 heterocycles. The second-order valence-electron chi connectivity index (χ2n) is 22.9. The van der Waals surface area contributed by atoms with Gasteiger partial charge in [-0.15, -0.1) is 0 Å². The predicted molar refractivity (Wildman–Crippen MR) is 315 cm³/mol. The van der Waals surface area contributed by atoms with Crippen LogP contribution in [0.3, 0.4) is 0 Å². The Morgan fingerprint density at radius 2 is 1.39 bits per heavy atom. The molecule has 0 bridgehead atoms. The number of carbonyl (C=O) groups excluding carboxylic acids is 1. The fourth-order valence-electron chi connectivity index (χ4n) is 13.1. The molecule has 430 valence electrons. The minimum Gasteiger partial charge on any atom is -0.508 e. The largest absolute Gasteiger partial charge is 0.508 e. The Labute approximate surface area is 479 Å². The second-order valence-corrected chi connectivity index (χ2v) is 22.9. The maximum Gasteiger partial charge on any atom is 0.318 e. The number of phenols is 1. The van der Waals surface area contributed by atoms with Gasteiger partial charge in [-0.3, -0.25) is 19.6 Å². The van der Waals surface area contributed by atoms with Crippen LogP contribution in [0.2, 0.25) is 0 Å². The SMILES string of the molecule is C=CC(=O)N1CCN(c2nc(OCC(CN3CCOCC3)Oc3cc(N4CCc5c(nc(OCCCN6CC7CC7C6)nc5N5CCN(C(O)C=C)CC5)C4)c4ccccc4c3)nc3c2CCN(c2cc(O)cc4cccnc24)C3)CC1. The number of likely N-dealkylation sites (tertiary alicyclic amines) is 1. The average molecular weight is 1110 g/mol. The molecular formula is C62H75N13O7. The smallest absolute Gasteiger partial charge is 0.318 e. The van der Waals surface area contributed by atoms with Crippen molar-refractivity contribution in [2.45, 2.75) is 51.1 Å². The van der Waals surface area contributed by atoms with Crippen LogP contribution in [-0.4, -0.2) is 204 Å². The standard InChI is InChI=1S/C62H75N13O7/c1-3-56(77)70-18-22-72(23-19-70)59-50-12-16-74(39-52(50)64-61(66-59)80-28-8-15-69-36-44-31-45(44)37-69)54-35-47(33-42-9-5-6-11-49(42)54)82-48(38-68-26-29-79-30-27-68)41-81-62-65-53-40-75(55-34-46(76)32-43-10-7-14-63-58(43)55)17-13-51(53)60(67-62)73-24-20-71(21-25-73)57(78)4-2/h3-7,9-11,14,32-35,44-45,48,56,76-77H,1-2,8,12-13,15-31,36-41H2. The van der Waals surface area contributed by atoms with E-state index in [9.17, 15) is 15.0 Å². The van der Waals surface area contributed by atoms with Gasteiger partial charge in [0, 0.05) is 151 Å². The van der Waals surface area contributed by atoms with E-state index in [1.54, 1.807) is 24.4 Å². The quantitative estimate of drug-likeness (QED) is 0.0617. The Morgan fingerprint density at radius 1 is 0.720 bits per heavy atom. The number of anilines is 4. The van der Waals surface area contributed by atoms with Crippen LogP contribution in [0.25, 0.3) is 21.7 Å². The molecule has 4 unspecified atom stereocenters. The summed E-state index contributed by atoms with van der Waals surface area (Å²) in [6.07, 6.45) is 7.37. The third-order valence-corrected chi connectivity index (χ3v) is 17.6. The Kier molecular flexibility index (Phi) is 15.7. The Balaban J connectivity index is 0.777. The van der Waals surface area contributed by atoms with E-state index in [0.29, 0.717) is 97.7 Å². The van der Waals surface area contributed by atoms with Gasteiger partial charge in [0.25, 0.3) is 0 Å². The lowest BCUT2D eigenvalue weighted by molar-refractivity contribution is -0.126. The third kappa shape index (κ3) is 11.7. The average Bonchev–Trinajstić information content (AvgIpc) is 4.28. The number of carbonyl (C=O) groups is 1. The van der Waals surface area contributed by atoms with Gasteiger partial charge >= 0.3 is 12.0 Å². The number of aliphatic hydroxyl groups is 1. The molecule has 5 fully saturated rings. The molecule has 0 spiro atoms. The molecule has 6 aromatic rings. The molecular weight excluding hydrogens is 1040 g/mol. The van der Waals surface area contributed by atoms with Crippen LogP contribution >= 0.6 is 0 Å². The van der Waals surface area contributed by atoms with Crippen molar-refractivity contribution < 1.29 is 34.0 Å². The van der Waals surface area contributed by atoms with Crippen LogP contribution in [-0.2, 0) is 35.5 Å². The van der Waals surface area contributed by atoms with Crippen molar-refractivity contribution in [1.82, 2.24) is 44.5 Å². The maximum absolute atomic E-state index is 12.7. The molecule has 7 aliphatic rings. The molecule has 13 rings (SSSR count). The number of amides is 1. The van der Waals surface area contributed by atoms with Crippen LogP contribution in [0.15, 0.2) is 92.2 Å². The van der Waals surface area contributed by atoms with Gasteiger partial charge in [-0.2, -0.15) is 19.9 Å². The molecule has 3 aromatic carbocycles. The molecule has 3 aromatic heterocycles. The van der Waals surface area contributed by atoms with Gasteiger partial charge in [-0.25, -0.2) is 0 Å². The molecule has 1 saturated carbocycles. The van der Waals surface area contributed by atoms with Gasteiger partial charge in [0.1, 0.15) is 42.1 Å². The van der Waals surface area contributed by atoms with Crippen molar-refractivity contribution in [3.63, 3.8) is 0 Å². The van der Waals surface area contributed by atoms with E-state index in [0.717, 1.165) is 137 Å². The van der Waals surface area contributed by atoms with E-state index >= 15 is 0 Å². The van der Waals surface area contributed by atoms with Gasteiger partial charge in [-0.1, -0.05) is 43.5 Å². The number of aromatic nitrogens is 5. The van der Waals surface area contributed by atoms with Crippen LogP contribution < -0.4 is 33.8 Å². The highest BCUT2D eigenvalue weighted by molar-refractivity contribution is 5.96. The number of nitrogens with zero attached hydrogens (tertiary/aromatic N) is 13. The molecule has 82 heavy (non-hydrogen) atoms. The summed E-state index contributed by atoms with van der Waals surface area (Å²) < 4.78 is 26.2. The van der Waals surface area contributed by atoms with Crippen molar-refractivity contribution in [1.29, 1.82) is 0 Å². The first-order chi connectivity index (χ1) is 40.2. The normalized spacial score (nSPS) is 21.2. The number of ether oxygens (including phenoxy) is 4. The molecule has 4 saturated heterocycles. The summed E-state index contributed by atoms with van der Waals surface area (Å²) in [5.41, 5.74) is 6.70. The number of phenolic OH excluding ortho intramolecular Hbond substituents is 1. The lowest BCUT2D eigenvalue weighted by atomic mass is 10.0. The van der Waals surface area contributed by atoms with Gasteiger partial charge in [-0.05, 0) is 73.3 Å². The monoisotopic (exact) mass is 1110 g/mol. The summed E-state index contributed by atoms with van der Waals surface area (Å²) in [6.45, 7) is 22.7. The Morgan fingerprint density at radius 3 is 2.10 bits per heavy atom. The summed E-state index contributed by atoms with van der Waals surface area (Å²) in [5, 5.41) is 24.5. The van der Waals surface area contributed by atoms with Crippen LogP contribution in [0, 0.1) is 11.8 Å². The van der Waals surface area contributed by atoms with Crippen LogP contribution in [0.4, 0.5) is 23.0 Å². The number of hydrogen-bond acceptors (Lipinski definition) is 19. The van der Waals surface area contributed by atoms with Crippen LogP contribution in [0.5, 0.6) is 23.5 Å². The lowest BCUT2D eigenvalue weighted by Crippen LogP contribution is -2.50. The topological polar surface area (TPSA) is 185 Å². The first-order valence-electron chi connectivity index (χ1n) is 29.5. The molecule has 1 aliphatic carbocycles. The van der Waals surface area contributed by atoms with Crippen LogP contribution in [0.1, 0.15) is 35.4 Å². The summed E-state index contributed by atoms with van der Waals surface area (Å²) in [6, 6.07) is 20.8. The van der Waals surface area contributed by atoms with Crippen molar-refractivity contribution in [3.8, 4) is 23.5 Å². The minimum atomic E-state index is -0.677. The maximum atomic E-state index is 12.7. The summed E-state index contributed by atoms with van der Waals surface area (Å²) in [4.78, 5) is 56.1. The second kappa shape index (κ2) is 23.9. The first-order valence-corrected chi connectivity index (χ1v) is 29.5. The highest BCUT2D eigenvalue weighted by Crippen LogP contribution is 2.45. The fraction of sp³-hybridized carbons (Fsp3) is 0.484. The zero-order valence-corrected chi connectivity index (χ0v) is 46.9. The number of benzene rings is 3. The summed E-state index contributed by atoms with van der Waals surface area (Å²) in [5.74, 6) is 4.37. The van der Waals surface area contributed by atoms with Gasteiger partial charge in [0.2, 0.25) is 5.91 Å². The lowest BCUT2D eigenvalue weighted by Gasteiger charge is -2.39. The number of piperazine rings is 2. The fourth-order valence-corrected chi connectivity index (χ4v) is 13.1. The molecule has 1 amide bonds. The van der Waals surface area contributed by atoms with E-state index in [2.05, 4.69) is 79.0 Å². The number of fused-ring (bicyclic) bond motifs is 5. The van der Waals surface area contributed by atoms with E-state index in [4.69, 9.17) is 43.9 Å². The number of rotatable bonds is 19. The molecule has 20 heteroatoms.